The monoisotopic (exact) mass is 476 g/mol. The fourth-order valence-electron chi connectivity index (χ4n) is 7.33. The minimum Gasteiger partial charge on any atom is -0.495 e. The van der Waals surface area contributed by atoms with E-state index in [4.69, 9.17) is 14.2 Å². The van der Waals surface area contributed by atoms with Gasteiger partial charge in [-0.1, -0.05) is 27.2 Å². The number of methoxy groups -OCH3 is 1. The van der Waals surface area contributed by atoms with Crippen LogP contribution in [0.15, 0.2) is 0 Å². The quantitative estimate of drug-likeness (QED) is 0.540. The number of ether oxygens (including phenoxy) is 3. The van der Waals surface area contributed by atoms with E-state index in [1.54, 1.807) is 6.92 Å². The molecule has 0 amide bonds. The predicted molar refractivity (Wildman–Crippen MR) is 123 cm³/mol. The third-order valence-electron chi connectivity index (χ3n) is 8.92. The Hall–Kier alpha value is -2.32. The zero-order chi connectivity index (χ0) is 25.2. The van der Waals surface area contributed by atoms with Crippen molar-refractivity contribution in [3.05, 3.63) is 22.3 Å². The van der Waals surface area contributed by atoms with Crippen LogP contribution in [0.4, 0.5) is 0 Å². The molecule has 34 heavy (non-hydrogen) atoms. The summed E-state index contributed by atoms with van der Waals surface area (Å²) in [6.07, 6.45) is 3.08. The first kappa shape index (κ1) is 24.8. The molecule has 0 bridgehead atoms. The fourth-order valence-corrected chi connectivity index (χ4v) is 7.33. The predicted octanol–water partition coefficient (Wildman–Crippen LogP) is 4.24. The van der Waals surface area contributed by atoms with Crippen LogP contribution in [0.1, 0.15) is 97.9 Å². The third-order valence-corrected chi connectivity index (χ3v) is 8.92. The lowest BCUT2D eigenvalue weighted by Crippen LogP contribution is -2.59. The highest BCUT2D eigenvalue weighted by atomic mass is 16.6. The topological polar surface area (TPSA) is 123 Å². The number of aliphatic hydroxyl groups excluding tert-OH is 1. The first-order valence-electron chi connectivity index (χ1n) is 12.0. The van der Waals surface area contributed by atoms with Crippen molar-refractivity contribution in [3.63, 3.8) is 0 Å². The molecule has 0 aromatic heterocycles. The Bertz CT molecular complexity index is 1030. The second-order valence-corrected chi connectivity index (χ2v) is 11.4. The van der Waals surface area contributed by atoms with E-state index in [2.05, 4.69) is 20.8 Å². The second-order valence-electron chi connectivity index (χ2n) is 11.4. The molecule has 2 saturated carbocycles. The van der Waals surface area contributed by atoms with Crippen molar-refractivity contribution in [2.24, 2.45) is 22.7 Å². The van der Waals surface area contributed by atoms with Crippen LogP contribution >= 0.6 is 0 Å². The number of hydrogen-bond acceptors (Lipinski definition) is 7. The van der Waals surface area contributed by atoms with Crippen molar-refractivity contribution in [1.82, 2.24) is 0 Å². The molecule has 1 aliphatic heterocycles. The smallest absolute Gasteiger partial charge is 0.345 e. The van der Waals surface area contributed by atoms with Crippen molar-refractivity contribution in [1.29, 1.82) is 0 Å². The van der Waals surface area contributed by atoms with Crippen LogP contribution in [-0.4, -0.2) is 46.6 Å². The maximum absolute atomic E-state index is 12.6. The molecule has 4 rings (SSSR count). The van der Waals surface area contributed by atoms with Gasteiger partial charge in [0.1, 0.15) is 22.6 Å². The van der Waals surface area contributed by atoms with Gasteiger partial charge in [-0.2, -0.15) is 0 Å². The molecular formula is C26H36O8. The van der Waals surface area contributed by atoms with Crippen LogP contribution in [0.5, 0.6) is 11.5 Å². The molecule has 5 atom stereocenters. The summed E-state index contributed by atoms with van der Waals surface area (Å²) < 4.78 is 16.6. The van der Waals surface area contributed by atoms with Gasteiger partial charge in [0.2, 0.25) is 6.29 Å². The Morgan fingerprint density at radius 3 is 2.44 bits per heavy atom. The van der Waals surface area contributed by atoms with Gasteiger partial charge in [0.25, 0.3) is 0 Å². The lowest BCUT2D eigenvalue weighted by Gasteiger charge is -2.61. The number of aromatic carboxylic acids is 1. The zero-order valence-electron chi connectivity index (χ0n) is 20.9. The molecule has 0 spiro atoms. The lowest BCUT2D eigenvalue weighted by molar-refractivity contribution is -0.176. The summed E-state index contributed by atoms with van der Waals surface area (Å²) in [5.74, 6) is -1.82. The minimum absolute atomic E-state index is 0.0110. The number of benzene rings is 1. The Kier molecular flexibility index (Phi) is 5.92. The van der Waals surface area contributed by atoms with E-state index in [0.717, 1.165) is 25.7 Å². The van der Waals surface area contributed by atoms with E-state index >= 15 is 0 Å². The van der Waals surface area contributed by atoms with E-state index < -0.39 is 23.8 Å². The Morgan fingerprint density at radius 1 is 1.15 bits per heavy atom. The van der Waals surface area contributed by atoms with Gasteiger partial charge in [0.15, 0.2) is 0 Å². The van der Waals surface area contributed by atoms with Crippen LogP contribution in [0.2, 0.25) is 0 Å². The number of carbonyl (C=O) groups excluding carboxylic acids is 1. The van der Waals surface area contributed by atoms with Crippen molar-refractivity contribution in [2.75, 3.05) is 13.7 Å². The minimum atomic E-state index is -1.72. The number of cyclic esters (lactones) is 1. The summed E-state index contributed by atoms with van der Waals surface area (Å²) in [5.41, 5.74) is -1.19. The Balaban J connectivity index is 1.78. The molecular weight excluding hydrogens is 440 g/mol. The number of carbonyl (C=O) groups is 2. The number of carboxylic acids is 1. The van der Waals surface area contributed by atoms with Crippen molar-refractivity contribution in [3.8, 4) is 11.5 Å². The van der Waals surface area contributed by atoms with Gasteiger partial charge in [-0.15, -0.1) is 0 Å². The number of aliphatic hydroxyl groups is 2. The number of rotatable bonds is 5. The molecule has 8 heteroatoms. The molecule has 1 aromatic rings. The maximum atomic E-state index is 12.6. The van der Waals surface area contributed by atoms with Crippen LogP contribution in [0.25, 0.3) is 0 Å². The number of carboxylic acid groups (broad SMARTS) is 1. The molecule has 3 N–H and O–H groups in total. The first-order valence-corrected chi connectivity index (χ1v) is 12.0. The molecule has 188 valence electrons. The Labute approximate surface area is 200 Å². The van der Waals surface area contributed by atoms with Crippen molar-refractivity contribution < 1.29 is 39.1 Å². The number of hydrogen-bond donors (Lipinski definition) is 3. The van der Waals surface area contributed by atoms with Crippen LogP contribution in [0, 0.1) is 29.6 Å². The molecule has 0 saturated heterocycles. The van der Waals surface area contributed by atoms with E-state index in [-0.39, 0.29) is 51.5 Å². The van der Waals surface area contributed by atoms with Gasteiger partial charge < -0.3 is 29.5 Å². The highest BCUT2D eigenvalue weighted by Crippen LogP contribution is 2.62. The number of fused-ring (bicyclic) bond motifs is 2. The lowest BCUT2D eigenvalue weighted by atomic mass is 9.46. The van der Waals surface area contributed by atoms with Crippen molar-refractivity contribution in [2.45, 2.75) is 78.6 Å². The zero-order valence-corrected chi connectivity index (χ0v) is 20.9. The average Bonchev–Trinajstić information content (AvgIpc) is 3.00. The van der Waals surface area contributed by atoms with Crippen molar-refractivity contribution >= 4 is 11.9 Å². The first-order chi connectivity index (χ1) is 15.8. The van der Waals surface area contributed by atoms with E-state index in [1.165, 1.54) is 7.11 Å². The fraction of sp³-hybridized carbons (Fsp3) is 0.692. The van der Waals surface area contributed by atoms with Gasteiger partial charge in [-0.3, -0.25) is 0 Å². The van der Waals surface area contributed by atoms with E-state index in [9.17, 15) is 24.9 Å². The SMILES string of the molecule is COc1c(C)c(OCC2C(C)(O)CCC3C(C)(C)CCCC32C)c2c(c1C(=O)O)C(O)OC2=O. The molecule has 3 aliphatic rings. The summed E-state index contributed by atoms with van der Waals surface area (Å²) in [6, 6.07) is 0. The van der Waals surface area contributed by atoms with Crippen LogP contribution < -0.4 is 9.47 Å². The number of esters is 1. The normalized spacial score (nSPS) is 34.1. The summed E-state index contributed by atoms with van der Waals surface area (Å²) in [4.78, 5) is 24.6. The van der Waals surface area contributed by atoms with Gasteiger partial charge >= 0.3 is 11.9 Å². The standard InChI is InChI=1S/C26H36O8/c1-13-19(32-6)17(21(27)28)16-18(23(30)34-22(16)29)20(13)33-12-15-25(4)10-7-9-24(2,3)14(25)8-11-26(15,5)31/h14-15,22,29,31H,7-12H2,1-6H3,(H,27,28). The molecule has 1 heterocycles. The van der Waals surface area contributed by atoms with E-state index in [1.807, 2.05) is 6.92 Å². The second kappa shape index (κ2) is 8.12. The maximum Gasteiger partial charge on any atom is 0.345 e. The average molecular weight is 477 g/mol. The van der Waals surface area contributed by atoms with Crippen LogP contribution in [0.3, 0.4) is 0 Å². The molecule has 1 aromatic carbocycles. The molecule has 2 aliphatic carbocycles. The van der Waals surface area contributed by atoms with Gasteiger partial charge in [-0.05, 0) is 56.3 Å². The third kappa shape index (κ3) is 3.57. The van der Waals surface area contributed by atoms with Gasteiger partial charge in [0.05, 0.1) is 24.9 Å². The molecule has 2 fully saturated rings. The largest absolute Gasteiger partial charge is 0.495 e. The molecule has 0 radical (unpaired) electrons. The van der Waals surface area contributed by atoms with Crippen LogP contribution in [-0.2, 0) is 4.74 Å². The summed E-state index contributed by atoms with van der Waals surface area (Å²) in [5, 5.41) is 31.5. The summed E-state index contributed by atoms with van der Waals surface area (Å²) >= 11 is 0. The summed E-state index contributed by atoms with van der Waals surface area (Å²) in [6.45, 7) is 10.5. The summed E-state index contributed by atoms with van der Waals surface area (Å²) in [7, 11) is 1.33. The highest BCUT2D eigenvalue weighted by Gasteiger charge is 2.58. The Morgan fingerprint density at radius 2 is 1.82 bits per heavy atom. The highest BCUT2D eigenvalue weighted by molar-refractivity contribution is 6.04. The van der Waals surface area contributed by atoms with Gasteiger partial charge in [0, 0.05) is 11.5 Å². The van der Waals surface area contributed by atoms with E-state index in [0.29, 0.717) is 17.9 Å². The van der Waals surface area contributed by atoms with Gasteiger partial charge in [-0.25, -0.2) is 9.59 Å². The molecule has 8 nitrogen and oxygen atoms in total. The molecule has 5 unspecified atom stereocenters.